The number of pyridine rings is 1. The molecule has 2 rings (SSSR count). The Kier molecular flexibility index (Phi) is 4.65. The fourth-order valence-corrected chi connectivity index (χ4v) is 2.34. The maximum absolute atomic E-state index is 12.4. The number of rotatable bonds is 5. The third-order valence-corrected chi connectivity index (χ3v) is 3.47. The van der Waals surface area contributed by atoms with E-state index in [-0.39, 0.29) is 12.1 Å². The van der Waals surface area contributed by atoms with E-state index in [2.05, 4.69) is 0 Å². The van der Waals surface area contributed by atoms with E-state index in [1.54, 1.807) is 30.9 Å². The highest BCUT2D eigenvalue weighted by molar-refractivity contribution is 5.69. The Morgan fingerprint density at radius 3 is 2.48 bits per heavy atom. The molecule has 0 spiro atoms. The van der Waals surface area contributed by atoms with Gasteiger partial charge in [0, 0.05) is 30.3 Å². The number of methoxy groups -OCH3 is 2. The summed E-state index contributed by atoms with van der Waals surface area (Å²) in [5.41, 5.74) is 7.80. The molecule has 1 heterocycles. The predicted octanol–water partition coefficient (Wildman–Crippen LogP) is 2.01. The molecule has 1 aromatic heterocycles. The highest BCUT2D eigenvalue weighted by Crippen LogP contribution is 2.32. The van der Waals surface area contributed by atoms with Crippen LogP contribution in [0.25, 0.3) is 11.3 Å². The summed E-state index contributed by atoms with van der Waals surface area (Å²) in [6.45, 7) is 2.73. The van der Waals surface area contributed by atoms with Crippen LogP contribution >= 0.6 is 0 Å². The van der Waals surface area contributed by atoms with Crippen molar-refractivity contribution in [2.75, 3.05) is 14.2 Å². The summed E-state index contributed by atoms with van der Waals surface area (Å²) in [5.74, 6) is 1.37. The molecular weight excluding hydrogens is 268 g/mol. The largest absolute Gasteiger partial charge is 0.497 e. The molecule has 1 aromatic carbocycles. The van der Waals surface area contributed by atoms with Crippen LogP contribution in [0.5, 0.6) is 11.5 Å². The van der Waals surface area contributed by atoms with Gasteiger partial charge in [-0.2, -0.15) is 0 Å². The van der Waals surface area contributed by atoms with Crippen molar-refractivity contribution in [1.29, 1.82) is 0 Å². The monoisotopic (exact) mass is 288 g/mol. The van der Waals surface area contributed by atoms with Crippen molar-refractivity contribution in [3.8, 4) is 22.8 Å². The van der Waals surface area contributed by atoms with Gasteiger partial charge in [-0.15, -0.1) is 0 Å². The molecule has 112 valence electrons. The number of benzene rings is 1. The zero-order valence-corrected chi connectivity index (χ0v) is 12.6. The van der Waals surface area contributed by atoms with Crippen molar-refractivity contribution in [3.63, 3.8) is 0 Å². The first kappa shape index (κ1) is 15.1. The van der Waals surface area contributed by atoms with E-state index in [4.69, 9.17) is 15.2 Å². The molecule has 2 aromatic rings. The lowest BCUT2D eigenvalue weighted by atomic mass is 10.1. The minimum Gasteiger partial charge on any atom is -0.497 e. The van der Waals surface area contributed by atoms with Gasteiger partial charge in [0.1, 0.15) is 11.5 Å². The molecule has 0 atom stereocenters. The van der Waals surface area contributed by atoms with Crippen molar-refractivity contribution in [1.82, 2.24) is 4.57 Å². The Bertz CT molecular complexity index is 692. The first-order chi connectivity index (χ1) is 10.2. The number of nitrogens with zero attached hydrogens (tertiary/aromatic N) is 1. The average molecular weight is 288 g/mol. The lowest BCUT2D eigenvalue weighted by molar-refractivity contribution is 0.395. The van der Waals surface area contributed by atoms with Crippen LogP contribution in [0.3, 0.4) is 0 Å². The van der Waals surface area contributed by atoms with Crippen LogP contribution in [-0.4, -0.2) is 18.8 Å². The molecule has 0 aliphatic heterocycles. The van der Waals surface area contributed by atoms with Crippen LogP contribution in [0.2, 0.25) is 0 Å². The predicted molar refractivity (Wildman–Crippen MR) is 82.8 cm³/mol. The standard InChI is InChI=1S/C16H20N2O3/c1-4-18-14(8-5-11(10-17)16(18)19)13-7-6-12(20-2)9-15(13)21-3/h5-9H,4,10,17H2,1-3H3. The van der Waals surface area contributed by atoms with Gasteiger partial charge < -0.3 is 19.8 Å². The van der Waals surface area contributed by atoms with Crippen LogP contribution in [0.15, 0.2) is 35.1 Å². The summed E-state index contributed by atoms with van der Waals surface area (Å²) in [6.07, 6.45) is 0. The number of hydrogen-bond acceptors (Lipinski definition) is 4. The van der Waals surface area contributed by atoms with E-state index in [9.17, 15) is 4.79 Å². The minimum atomic E-state index is -0.0598. The lowest BCUT2D eigenvalue weighted by Gasteiger charge is -2.16. The highest BCUT2D eigenvalue weighted by atomic mass is 16.5. The molecule has 0 amide bonds. The van der Waals surface area contributed by atoms with E-state index in [0.717, 1.165) is 11.3 Å². The SMILES string of the molecule is CCn1c(-c2ccc(OC)cc2OC)ccc(CN)c1=O. The van der Waals surface area contributed by atoms with Gasteiger partial charge in [0.25, 0.3) is 5.56 Å². The van der Waals surface area contributed by atoms with E-state index >= 15 is 0 Å². The third-order valence-electron chi connectivity index (χ3n) is 3.47. The van der Waals surface area contributed by atoms with Crippen molar-refractivity contribution in [2.45, 2.75) is 20.0 Å². The molecule has 2 N–H and O–H groups in total. The molecule has 0 fully saturated rings. The maximum Gasteiger partial charge on any atom is 0.255 e. The molecule has 21 heavy (non-hydrogen) atoms. The Hall–Kier alpha value is -2.27. The Morgan fingerprint density at radius 2 is 1.90 bits per heavy atom. The Labute approximate surface area is 123 Å². The van der Waals surface area contributed by atoms with Gasteiger partial charge in [0.05, 0.1) is 19.9 Å². The van der Waals surface area contributed by atoms with Gasteiger partial charge >= 0.3 is 0 Å². The summed E-state index contributed by atoms with van der Waals surface area (Å²) in [5, 5.41) is 0. The van der Waals surface area contributed by atoms with Gasteiger partial charge in [-0.25, -0.2) is 0 Å². The zero-order valence-electron chi connectivity index (χ0n) is 12.6. The molecule has 0 saturated heterocycles. The minimum absolute atomic E-state index is 0.0598. The van der Waals surface area contributed by atoms with Crippen LogP contribution in [-0.2, 0) is 13.1 Å². The first-order valence-corrected chi connectivity index (χ1v) is 6.81. The van der Waals surface area contributed by atoms with Crippen molar-refractivity contribution < 1.29 is 9.47 Å². The molecule has 5 heteroatoms. The van der Waals surface area contributed by atoms with Gasteiger partial charge in [-0.05, 0) is 25.1 Å². The van der Waals surface area contributed by atoms with Crippen LogP contribution < -0.4 is 20.8 Å². The van der Waals surface area contributed by atoms with Gasteiger partial charge in [0.15, 0.2) is 0 Å². The van der Waals surface area contributed by atoms with Crippen molar-refractivity contribution in [2.24, 2.45) is 5.73 Å². The summed E-state index contributed by atoms with van der Waals surface area (Å²) in [4.78, 5) is 12.4. The van der Waals surface area contributed by atoms with E-state index < -0.39 is 0 Å². The first-order valence-electron chi connectivity index (χ1n) is 6.81. The van der Waals surface area contributed by atoms with E-state index in [0.29, 0.717) is 23.6 Å². The Balaban J connectivity index is 2.67. The summed E-state index contributed by atoms with van der Waals surface area (Å²) < 4.78 is 12.3. The quantitative estimate of drug-likeness (QED) is 0.914. The smallest absolute Gasteiger partial charge is 0.255 e. The molecule has 0 aliphatic rings. The van der Waals surface area contributed by atoms with Crippen LogP contribution in [0.1, 0.15) is 12.5 Å². The van der Waals surface area contributed by atoms with Gasteiger partial charge in [-0.3, -0.25) is 4.79 Å². The van der Waals surface area contributed by atoms with E-state index in [1.807, 2.05) is 25.1 Å². The maximum atomic E-state index is 12.4. The topological polar surface area (TPSA) is 66.5 Å². The molecule has 0 unspecified atom stereocenters. The fourth-order valence-electron chi connectivity index (χ4n) is 2.34. The summed E-state index contributed by atoms with van der Waals surface area (Å²) in [6, 6.07) is 9.21. The van der Waals surface area contributed by atoms with Gasteiger partial charge in [0.2, 0.25) is 0 Å². The number of ether oxygens (including phenoxy) is 2. The normalized spacial score (nSPS) is 10.5. The molecule has 5 nitrogen and oxygen atoms in total. The summed E-state index contributed by atoms with van der Waals surface area (Å²) >= 11 is 0. The third kappa shape index (κ3) is 2.78. The number of hydrogen-bond donors (Lipinski definition) is 1. The number of nitrogens with two attached hydrogens (primary N) is 1. The van der Waals surface area contributed by atoms with E-state index in [1.165, 1.54) is 0 Å². The van der Waals surface area contributed by atoms with Gasteiger partial charge in [-0.1, -0.05) is 6.07 Å². The lowest BCUT2D eigenvalue weighted by Crippen LogP contribution is -2.25. The molecule has 0 saturated carbocycles. The number of aromatic nitrogens is 1. The summed E-state index contributed by atoms with van der Waals surface area (Å²) in [7, 11) is 3.20. The average Bonchev–Trinajstić information content (AvgIpc) is 2.53. The van der Waals surface area contributed by atoms with Crippen molar-refractivity contribution >= 4 is 0 Å². The molecule has 0 bridgehead atoms. The molecule has 0 radical (unpaired) electrons. The second-order valence-electron chi connectivity index (χ2n) is 4.56. The second kappa shape index (κ2) is 6.45. The highest BCUT2D eigenvalue weighted by Gasteiger charge is 2.13. The van der Waals surface area contributed by atoms with Crippen LogP contribution in [0.4, 0.5) is 0 Å². The molecular formula is C16H20N2O3. The fraction of sp³-hybridized carbons (Fsp3) is 0.312. The Morgan fingerprint density at radius 1 is 1.14 bits per heavy atom. The zero-order chi connectivity index (χ0) is 15.4. The van der Waals surface area contributed by atoms with Crippen molar-refractivity contribution in [3.05, 3.63) is 46.2 Å². The van der Waals surface area contributed by atoms with Crippen LogP contribution in [0, 0.1) is 0 Å². The second-order valence-corrected chi connectivity index (χ2v) is 4.56. The molecule has 0 aliphatic carbocycles.